The van der Waals surface area contributed by atoms with Crippen LogP contribution in [0, 0.1) is 5.82 Å². The lowest BCUT2D eigenvalue weighted by Crippen LogP contribution is -2.50. The molecule has 0 N–H and O–H groups in total. The second-order valence-corrected chi connectivity index (χ2v) is 10.3. The highest BCUT2D eigenvalue weighted by atomic mass is 32.2. The van der Waals surface area contributed by atoms with Gasteiger partial charge in [-0.25, -0.2) is 17.5 Å². The molecular formula is C24H27FN4O4S. The molecule has 1 amide bonds. The van der Waals surface area contributed by atoms with Crippen LogP contribution in [0.4, 0.5) is 4.39 Å². The van der Waals surface area contributed by atoms with Gasteiger partial charge in [0.1, 0.15) is 11.6 Å². The lowest BCUT2D eigenvalue weighted by molar-refractivity contribution is 0.0696. The van der Waals surface area contributed by atoms with Crippen LogP contribution < -0.4 is 4.74 Å². The summed E-state index contributed by atoms with van der Waals surface area (Å²) < 4.78 is 47.5. The number of hydrogen-bond acceptors (Lipinski definition) is 5. The summed E-state index contributed by atoms with van der Waals surface area (Å²) in [4.78, 5) is 15.2. The van der Waals surface area contributed by atoms with E-state index < -0.39 is 10.0 Å². The van der Waals surface area contributed by atoms with E-state index in [1.807, 2.05) is 13.8 Å². The van der Waals surface area contributed by atoms with Crippen molar-refractivity contribution in [2.75, 3.05) is 33.3 Å². The number of rotatable bonds is 6. The Morgan fingerprint density at radius 2 is 1.62 bits per heavy atom. The van der Waals surface area contributed by atoms with Gasteiger partial charge in [-0.15, -0.1) is 0 Å². The number of amides is 1. The van der Waals surface area contributed by atoms with Crippen LogP contribution in [0.25, 0.3) is 5.69 Å². The zero-order chi connectivity index (χ0) is 24.5. The topological polar surface area (TPSA) is 84.7 Å². The van der Waals surface area contributed by atoms with Crippen LogP contribution in [0.1, 0.15) is 35.8 Å². The highest BCUT2D eigenvalue weighted by Gasteiger charge is 2.32. The molecule has 10 heteroatoms. The number of halogens is 1. The Hall–Kier alpha value is -3.24. The van der Waals surface area contributed by atoms with Crippen molar-refractivity contribution >= 4 is 15.9 Å². The number of aromatic nitrogens is 2. The molecule has 2 heterocycles. The molecule has 0 atom stereocenters. The van der Waals surface area contributed by atoms with Crippen LogP contribution in [0.3, 0.4) is 0 Å². The molecule has 1 saturated heterocycles. The average Bonchev–Trinajstić information content (AvgIpc) is 3.30. The summed E-state index contributed by atoms with van der Waals surface area (Å²) >= 11 is 0. The van der Waals surface area contributed by atoms with E-state index in [1.165, 1.54) is 41.9 Å². The molecule has 0 spiro atoms. The molecule has 0 unspecified atom stereocenters. The van der Waals surface area contributed by atoms with Gasteiger partial charge < -0.3 is 9.64 Å². The monoisotopic (exact) mass is 486 g/mol. The van der Waals surface area contributed by atoms with E-state index in [0.29, 0.717) is 17.0 Å². The molecule has 8 nitrogen and oxygen atoms in total. The van der Waals surface area contributed by atoms with Crippen LogP contribution in [-0.2, 0) is 10.0 Å². The summed E-state index contributed by atoms with van der Waals surface area (Å²) in [5.74, 6) is 0.0269. The molecule has 0 bridgehead atoms. The molecule has 0 saturated carbocycles. The molecule has 0 radical (unpaired) electrons. The van der Waals surface area contributed by atoms with Crippen molar-refractivity contribution in [2.24, 2.45) is 0 Å². The highest BCUT2D eigenvalue weighted by molar-refractivity contribution is 7.89. The lowest BCUT2D eigenvalue weighted by atomic mass is 10.0. The Morgan fingerprint density at radius 1 is 1.00 bits per heavy atom. The van der Waals surface area contributed by atoms with Crippen LogP contribution in [0.5, 0.6) is 5.75 Å². The first-order valence-corrected chi connectivity index (χ1v) is 12.4. The first kappa shape index (κ1) is 23.9. The molecule has 4 rings (SSSR count). The second-order valence-electron chi connectivity index (χ2n) is 8.36. The van der Waals surface area contributed by atoms with Gasteiger partial charge in [-0.05, 0) is 54.4 Å². The molecule has 1 aliphatic rings. The molecule has 2 aromatic carbocycles. The van der Waals surface area contributed by atoms with Gasteiger partial charge in [0.2, 0.25) is 10.0 Å². The van der Waals surface area contributed by atoms with E-state index in [4.69, 9.17) is 4.74 Å². The third kappa shape index (κ3) is 4.55. The van der Waals surface area contributed by atoms with Crippen molar-refractivity contribution in [3.8, 4) is 11.4 Å². The number of sulfonamides is 1. The van der Waals surface area contributed by atoms with Gasteiger partial charge in [0, 0.05) is 26.2 Å². The predicted octanol–water partition coefficient (Wildman–Crippen LogP) is 3.29. The van der Waals surface area contributed by atoms with Gasteiger partial charge in [0.05, 0.1) is 35.1 Å². The third-order valence-electron chi connectivity index (χ3n) is 5.88. The normalized spacial score (nSPS) is 15.0. The summed E-state index contributed by atoms with van der Waals surface area (Å²) in [7, 11) is -2.14. The second kappa shape index (κ2) is 9.55. The Morgan fingerprint density at radius 3 is 2.18 bits per heavy atom. The Balaban J connectivity index is 1.51. The predicted molar refractivity (Wildman–Crippen MR) is 125 cm³/mol. The van der Waals surface area contributed by atoms with Crippen LogP contribution in [0.2, 0.25) is 0 Å². The molecule has 1 aliphatic heterocycles. The largest absolute Gasteiger partial charge is 0.497 e. The molecular weight excluding hydrogens is 459 g/mol. The number of ether oxygens (including phenoxy) is 1. The standard InChI is InChI=1S/C24H27FN4O4S/c1-17(2)23-22(16-26-29(23)19-6-4-18(25)5-7-19)24(30)27-12-14-28(15-13-27)34(31,32)21-10-8-20(33-3)9-11-21/h4-11,16-17H,12-15H2,1-3H3. The number of piperazine rings is 1. The molecule has 34 heavy (non-hydrogen) atoms. The maximum atomic E-state index is 13.4. The van der Waals surface area contributed by atoms with Gasteiger partial charge in [0.25, 0.3) is 5.91 Å². The summed E-state index contributed by atoms with van der Waals surface area (Å²) in [6.45, 7) is 4.87. The quantitative estimate of drug-likeness (QED) is 0.534. The van der Waals surface area contributed by atoms with E-state index in [1.54, 1.807) is 33.8 Å². The molecule has 180 valence electrons. The van der Waals surface area contributed by atoms with Crippen molar-refractivity contribution in [2.45, 2.75) is 24.7 Å². The smallest absolute Gasteiger partial charge is 0.257 e. The first-order valence-electron chi connectivity index (χ1n) is 11.0. The Labute approximate surface area is 198 Å². The van der Waals surface area contributed by atoms with Gasteiger partial charge in [-0.3, -0.25) is 4.79 Å². The summed E-state index contributed by atoms with van der Waals surface area (Å²) in [5.41, 5.74) is 1.86. The van der Waals surface area contributed by atoms with Crippen LogP contribution >= 0.6 is 0 Å². The fourth-order valence-electron chi connectivity index (χ4n) is 4.06. The molecule has 0 aliphatic carbocycles. The molecule has 3 aromatic rings. The summed E-state index contributed by atoms with van der Waals surface area (Å²) in [6.07, 6.45) is 1.53. The number of carbonyl (C=O) groups is 1. The van der Waals surface area contributed by atoms with E-state index in [-0.39, 0.29) is 48.7 Å². The highest BCUT2D eigenvalue weighted by Crippen LogP contribution is 2.26. The number of nitrogens with zero attached hydrogens (tertiary/aromatic N) is 4. The van der Waals surface area contributed by atoms with Crippen molar-refractivity contribution in [3.63, 3.8) is 0 Å². The fourth-order valence-corrected chi connectivity index (χ4v) is 5.49. The maximum absolute atomic E-state index is 13.4. The first-order chi connectivity index (χ1) is 16.2. The minimum absolute atomic E-state index is 0.0109. The number of benzene rings is 2. The van der Waals surface area contributed by atoms with Crippen LogP contribution in [-0.4, -0.2) is 66.6 Å². The Bertz CT molecular complexity index is 1260. The third-order valence-corrected chi connectivity index (χ3v) is 7.79. The number of methoxy groups -OCH3 is 1. The Kier molecular flexibility index (Phi) is 6.72. The van der Waals surface area contributed by atoms with Gasteiger partial charge in [-0.1, -0.05) is 13.8 Å². The van der Waals surface area contributed by atoms with E-state index in [2.05, 4.69) is 5.10 Å². The van der Waals surface area contributed by atoms with Gasteiger partial charge in [0.15, 0.2) is 0 Å². The lowest BCUT2D eigenvalue weighted by Gasteiger charge is -2.34. The average molecular weight is 487 g/mol. The number of carbonyl (C=O) groups excluding carboxylic acids is 1. The zero-order valence-electron chi connectivity index (χ0n) is 19.3. The summed E-state index contributed by atoms with van der Waals surface area (Å²) in [6, 6.07) is 12.2. The minimum Gasteiger partial charge on any atom is -0.497 e. The van der Waals surface area contributed by atoms with E-state index in [0.717, 1.165) is 5.69 Å². The molecule has 1 aromatic heterocycles. The number of hydrogen-bond donors (Lipinski definition) is 0. The van der Waals surface area contributed by atoms with E-state index >= 15 is 0 Å². The van der Waals surface area contributed by atoms with Crippen molar-refractivity contribution < 1.29 is 22.3 Å². The van der Waals surface area contributed by atoms with Crippen LogP contribution in [0.15, 0.2) is 59.6 Å². The summed E-state index contributed by atoms with van der Waals surface area (Å²) in [5, 5.41) is 4.39. The van der Waals surface area contributed by atoms with Crippen molar-refractivity contribution in [1.82, 2.24) is 19.0 Å². The van der Waals surface area contributed by atoms with Crippen molar-refractivity contribution in [1.29, 1.82) is 0 Å². The van der Waals surface area contributed by atoms with Gasteiger partial charge in [-0.2, -0.15) is 9.40 Å². The zero-order valence-corrected chi connectivity index (χ0v) is 20.1. The minimum atomic E-state index is -3.67. The fraction of sp³-hybridized carbons (Fsp3) is 0.333. The molecule has 1 fully saturated rings. The maximum Gasteiger partial charge on any atom is 0.257 e. The van der Waals surface area contributed by atoms with E-state index in [9.17, 15) is 17.6 Å². The van der Waals surface area contributed by atoms with Crippen molar-refractivity contribution in [3.05, 3.63) is 71.8 Å². The SMILES string of the molecule is COc1ccc(S(=O)(=O)N2CCN(C(=O)c3cnn(-c4ccc(F)cc4)c3C(C)C)CC2)cc1. The van der Waals surface area contributed by atoms with Gasteiger partial charge >= 0.3 is 0 Å².